The number of hydrogen-bond donors (Lipinski definition) is 1. The molecule has 0 amide bonds. The molecule has 1 unspecified atom stereocenters. The summed E-state index contributed by atoms with van der Waals surface area (Å²) in [6.45, 7) is 11.0. The zero-order chi connectivity index (χ0) is 11.6. The van der Waals surface area contributed by atoms with Gasteiger partial charge >= 0.3 is 0 Å². The van der Waals surface area contributed by atoms with E-state index in [1.54, 1.807) is 0 Å². The first-order chi connectivity index (χ1) is 6.80. The Balaban J connectivity index is 2.98. The Bertz CT molecular complexity index is 332. The fourth-order valence-electron chi connectivity index (χ4n) is 1.74. The van der Waals surface area contributed by atoms with E-state index in [1.807, 2.05) is 0 Å². The quantitative estimate of drug-likeness (QED) is 0.788. The monoisotopic (exact) mass is 205 g/mol. The molecule has 1 atom stereocenters. The fraction of sp³-hybridized carbons (Fsp3) is 0.571. The SMILES string of the molecule is Cc1cc(C(C)(C)C)ccc1CC(C)N. The van der Waals surface area contributed by atoms with E-state index in [0.717, 1.165) is 6.42 Å². The van der Waals surface area contributed by atoms with Crippen LogP contribution in [0.5, 0.6) is 0 Å². The zero-order valence-corrected chi connectivity index (χ0v) is 10.6. The Labute approximate surface area is 93.7 Å². The van der Waals surface area contributed by atoms with Crippen LogP contribution in [-0.4, -0.2) is 6.04 Å². The molecule has 1 aromatic carbocycles. The average molecular weight is 205 g/mol. The van der Waals surface area contributed by atoms with Gasteiger partial charge in [0.25, 0.3) is 0 Å². The van der Waals surface area contributed by atoms with Gasteiger partial charge < -0.3 is 5.73 Å². The van der Waals surface area contributed by atoms with E-state index in [4.69, 9.17) is 5.73 Å². The average Bonchev–Trinajstić information content (AvgIpc) is 2.05. The van der Waals surface area contributed by atoms with E-state index in [-0.39, 0.29) is 11.5 Å². The Morgan fingerprint density at radius 3 is 2.27 bits per heavy atom. The van der Waals surface area contributed by atoms with Gasteiger partial charge in [0.1, 0.15) is 0 Å². The van der Waals surface area contributed by atoms with Gasteiger partial charge in [0.05, 0.1) is 0 Å². The third-order valence-electron chi connectivity index (χ3n) is 2.75. The highest BCUT2D eigenvalue weighted by Gasteiger charge is 2.14. The minimum absolute atomic E-state index is 0.234. The second-order valence-corrected chi connectivity index (χ2v) is 5.57. The van der Waals surface area contributed by atoms with Crippen molar-refractivity contribution in [3.05, 3.63) is 34.9 Å². The van der Waals surface area contributed by atoms with Crippen LogP contribution in [0.15, 0.2) is 18.2 Å². The zero-order valence-electron chi connectivity index (χ0n) is 10.6. The summed E-state index contributed by atoms with van der Waals surface area (Å²) in [7, 11) is 0. The van der Waals surface area contributed by atoms with Crippen molar-refractivity contribution in [2.24, 2.45) is 5.73 Å². The molecule has 1 nitrogen and oxygen atoms in total. The molecule has 0 heterocycles. The van der Waals surface area contributed by atoms with Crippen LogP contribution in [-0.2, 0) is 11.8 Å². The molecule has 0 aliphatic carbocycles. The molecule has 0 saturated carbocycles. The minimum atomic E-state index is 0.234. The van der Waals surface area contributed by atoms with Gasteiger partial charge in [0.2, 0.25) is 0 Å². The van der Waals surface area contributed by atoms with Crippen molar-refractivity contribution >= 4 is 0 Å². The molecule has 0 radical (unpaired) electrons. The predicted octanol–water partition coefficient (Wildman–Crippen LogP) is 3.18. The number of aryl methyl sites for hydroxylation is 1. The predicted molar refractivity (Wildman–Crippen MR) is 67.2 cm³/mol. The maximum atomic E-state index is 5.82. The van der Waals surface area contributed by atoms with Gasteiger partial charge in [0, 0.05) is 6.04 Å². The summed E-state index contributed by atoms with van der Waals surface area (Å²) in [5.74, 6) is 0. The molecule has 0 aromatic heterocycles. The van der Waals surface area contributed by atoms with Gasteiger partial charge in [-0.2, -0.15) is 0 Å². The van der Waals surface area contributed by atoms with Crippen molar-refractivity contribution in [2.45, 2.75) is 52.5 Å². The van der Waals surface area contributed by atoms with Crippen LogP contribution in [0.25, 0.3) is 0 Å². The van der Waals surface area contributed by atoms with Gasteiger partial charge in [-0.1, -0.05) is 39.0 Å². The van der Waals surface area contributed by atoms with Crippen LogP contribution in [0.3, 0.4) is 0 Å². The molecule has 15 heavy (non-hydrogen) atoms. The summed E-state index contributed by atoms with van der Waals surface area (Å²) in [6, 6.07) is 6.98. The fourth-order valence-corrected chi connectivity index (χ4v) is 1.74. The molecular formula is C14H23N. The highest BCUT2D eigenvalue weighted by Crippen LogP contribution is 2.24. The van der Waals surface area contributed by atoms with Gasteiger partial charge in [-0.25, -0.2) is 0 Å². The summed E-state index contributed by atoms with van der Waals surface area (Å²) >= 11 is 0. The Hall–Kier alpha value is -0.820. The van der Waals surface area contributed by atoms with Crippen LogP contribution in [0.1, 0.15) is 44.4 Å². The Morgan fingerprint density at radius 2 is 1.87 bits per heavy atom. The van der Waals surface area contributed by atoms with Crippen LogP contribution in [0, 0.1) is 6.92 Å². The normalized spacial score (nSPS) is 14.0. The number of nitrogens with two attached hydrogens (primary N) is 1. The van der Waals surface area contributed by atoms with Crippen LogP contribution in [0.4, 0.5) is 0 Å². The molecular weight excluding hydrogens is 182 g/mol. The van der Waals surface area contributed by atoms with Crippen molar-refractivity contribution in [2.75, 3.05) is 0 Å². The Kier molecular flexibility index (Phi) is 3.56. The minimum Gasteiger partial charge on any atom is -0.328 e. The summed E-state index contributed by atoms with van der Waals surface area (Å²) in [4.78, 5) is 0. The molecule has 0 aliphatic heterocycles. The molecule has 1 aromatic rings. The molecule has 2 N–H and O–H groups in total. The molecule has 84 valence electrons. The lowest BCUT2D eigenvalue weighted by Gasteiger charge is -2.21. The summed E-state index contributed by atoms with van der Waals surface area (Å²) in [5.41, 5.74) is 10.2. The van der Waals surface area contributed by atoms with E-state index in [1.165, 1.54) is 16.7 Å². The number of hydrogen-bond acceptors (Lipinski definition) is 1. The number of benzene rings is 1. The molecule has 1 rings (SSSR count). The standard InChI is InChI=1S/C14H23N/c1-10-8-13(14(3,4)5)7-6-12(10)9-11(2)15/h6-8,11H,9,15H2,1-5H3. The summed E-state index contributed by atoms with van der Waals surface area (Å²) < 4.78 is 0. The maximum absolute atomic E-state index is 5.82. The molecule has 0 spiro atoms. The summed E-state index contributed by atoms with van der Waals surface area (Å²) in [6.07, 6.45) is 0.969. The van der Waals surface area contributed by atoms with E-state index >= 15 is 0 Å². The van der Waals surface area contributed by atoms with Crippen molar-refractivity contribution < 1.29 is 0 Å². The summed E-state index contributed by atoms with van der Waals surface area (Å²) in [5, 5.41) is 0. The molecule has 0 saturated heterocycles. The van der Waals surface area contributed by atoms with Crippen molar-refractivity contribution in [3.63, 3.8) is 0 Å². The van der Waals surface area contributed by atoms with Crippen molar-refractivity contribution in [3.8, 4) is 0 Å². The van der Waals surface area contributed by atoms with Gasteiger partial charge in [-0.05, 0) is 42.4 Å². The van der Waals surface area contributed by atoms with Gasteiger partial charge in [-0.15, -0.1) is 0 Å². The number of rotatable bonds is 2. The second kappa shape index (κ2) is 4.36. The molecule has 0 aliphatic rings. The first-order valence-electron chi connectivity index (χ1n) is 5.66. The smallest absolute Gasteiger partial charge is 0.00510 e. The van der Waals surface area contributed by atoms with Gasteiger partial charge in [0.15, 0.2) is 0 Å². The third kappa shape index (κ3) is 3.35. The van der Waals surface area contributed by atoms with Crippen molar-refractivity contribution in [1.82, 2.24) is 0 Å². The maximum Gasteiger partial charge on any atom is 0.00510 e. The van der Waals surface area contributed by atoms with Crippen molar-refractivity contribution in [1.29, 1.82) is 0 Å². The third-order valence-corrected chi connectivity index (χ3v) is 2.75. The van der Waals surface area contributed by atoms with E-state index in [0.29, 0.717) is 0 Å². The van der Waals surface area contributed by atoms with E-state index < -0.39 is 0 Å². The first-order valence-corrected chi connectivity index (χ1v) is 5.66. The van der Waals surface area contributed by atoms with Crippen LogP contribution in [0.2, 0.25) is 0 Å². The van der Waals surface area contributed by atoms with Gasteiger partial charge in [-0.3, -0.25) is 0 Å². The molecule has 0 fully saturated rings. The van der Waals surface area contributed by atoms with Crippen LogP contribution >= 0.6 is 0 Å². The first kappa shape index (κ1) is 12.3. The lowest BCUT2D eigenvalue weighted by Crippen LogP contribution is -2.19. The topological polar surface area (TPSA) is 26.0 Å². The largest absolute Gasteiger partial charge is 0.328 e. The van der Waals surface area contributed by atoms with Crippen LogP contribution < -0.4 is 5.73 Å². The van der Waals surface area contributed by atoms with E-state index in [9.17, 15) is 0 Å². The highest BCUT2D eigenvalue weighted by molar-refractivity contribution is 5.34. The molecule has 1 heteroatoms. The lowest BCUT2D eigenvalue weighted by atomic mass is 9.85. The second-order valence-electron chi connectivity index (χ2n) is 5.57. The lowest BCUT2D eigenvalue weighted by molar-refractivity contribution is 0.589. The van der Waals surface area contributed by atoms with E-state index in [2.05, 4.69) is 52.8 Å². The Morgan fingerprint density at radius 1 is 1.27 bits per heavy atom. The molecule has 0 bridgehead atoms. The highest BCUT2D eigenvalue weighted by atomic mass is 14.6.